The SMILES string of the molecule is Cc1cc2cc(NC(=O)C3CCC(N(C)C)CC3)ncc2cn1. The van der Waals surface area contributed by atoms with Gasteiger partial charge in [-0.3, -0.25) is 9.78 Å². The summed E-state index contributed by atoms with van der Waals surface area (Å²) in [6.45, 7) is 1.96. The van der Waals surface area contributed by atoms with E-state index in [1.165, 1.54) is 0 Å². The molecular weight excluding hydrogens is 288 g/mol. The van der Waals surface area contributed by atoms with Crippen molar-refractivity contribution in [2.24, 2.45) is 5.92 Å². The molecule has 0 unspecified atom stereocenters. The predicted octanol–water partition coefficient (Wildman–Crippen LogP) is 3.00. The molecule has 0 radical (unpaired) electrons. The second kappa shape index (κ2) is 6.62. The van der Waals surface area contributed by atoms with Gasteiger partial charge in [0, 0.05) is 35.4 Å². The highest BCUT2D eigenvalue weighted by atomic mass is 16.1. The molecule has 3 rings (SSSR count). The Hall–Kier alpha value is -2.01. The maximum atomic E-state index is 12.5. The Balaban J connectivity index is 1.66. The zero-order valence-corrected chi connectivity index (χ0v) is 14.0. The third-order valence-corrected chi connectivity index (χ3v) is 4.79. The molecule has 0 spiro atoms. The Kier molecular flexibility index (Phi) is 4.57. The highest BCUT2D eigenvalue weighted by Gasteiger charge is 2.27. The lowest BCUT2D eigenvalue weighted by Crippen LogP contribution is -2.35. The molecule has 1 aliphatic rings. The first kappa shape index (κ1) is 15.9. The van der Waals surface area contributed by atoms with E-state index < -0.39 is 0 Å². The Morgan fingerprint density at radius 3 is 2.48 bits per heavy atom. The Morgan fingerprint density at radius 1 is 1.09 bits per heavy atom. The van der Waals surface area contributed by atoms with E-state index in [1.807, 2.05) is 25.3 Å². The smallest absolute Gasteiger partial charge is 0.228 e. The highest BCUT2D eigenvalue weighted by Crippen LogP contribution is 2.27. The number of fused-ring (bicyclic) bond motifs is 1. The minimum atomic E-state index is 0.0971. The quantitative estimate of drug-likeness (QED) is 0.946. The van der Waals surface area contributed by atoms with Crippen LogP contribution >= 0.6 is 0 Å². The van der Waals surface area contributed by atoms with Crippen molar-refractivity contribution in [2.45, 2.75) is 38.6 Å². The normalized spacial score (nSPS) is 21.6. The molecule has 0 aromatic carbocycles. The van der Waals surface area contributed by atoms with Crippen LogP contribution in [0.15, 0.2) is 24.5 Å². The van der Waals surface area contributed by atoms with E-state index in [0.717, 1.165) is 42.1 Å². The number of rotatable bonds is 3. The molecule has 1 saturated carbocycles. The summed E-state index contributed by atoms with van der Waals surface area (Å²) in [5.74, 6) is 0.825. The van der Waals surface area contributed by atoms with E-state index in [1.54, 1.807) is 6.20 Å². The fourth-order valence-corrected chi connectivity index (χ4v) is 3.30. The Labute approximate surface area is 137 Å². The van der Waals surface area contributed by atoms with Crippen molar-refractivity contribution in [3.8, 4) is 0 Å². The van der Waals surface area contributed by atoms with Crippen LogP contribution in [-0.4, -0.2) is 40.9 Å². The number of anilines is 1. The highest BCUT2D eigenvalue weighted by molar-refractivity contribution is 5.94. The predicted molar refractivity (Wildman–Crippen MR) is 92.3 cm³/mol. The van der Waals surface area contributed by atoms with Crippen molar-refractivity contribution in [2.75, 3.05) is 19.4 Å². The van der Waals surface area contributed by atoms with Crippen molar-refractivity contribution in [3.05, 3.63) is 30.2 Å². The molecule has 1 fully saturated rings. The molecule has 2 heterocycles. The van der Waals surface area contributed by atoms with E-state index in [9.17, 15) is 4.79 Å². The molecule has 0 atom stereocenters. The maximum absolute atomic E-state index is 12.5. The zero-order chi connectivity index (χ0) is 16.4. The van der Waals surface area contributed by atoms with Crippen molar-refractivity contribution in [3.63, 3.8) is 0 Å². The molecule has 2 aromatic rings. The molecule has 5 heteroatoms. The number of pyridine rings is 2. The van der Waals surface area contributed by atoms with Crippen LogP contribution in [0.25, 0.3) is 10.8 Å². The second-order valence-corrected chi connectivity index (χ2v) is 6.70. The monoisotopic (exact) mass is 312 g/mol. The van der Waals surface area contributed by atoms with Crippen molar-refractivity contribution >= 4 is 22.5 Å². The summed E-state index contributed by atoms with van der Waals surface area (Å²) < 4.78 is 0. The summed E-state index contributed by atoms with van der Waals surface area (Å²) in [5, 5.41) is 5.02. The van der Waals surface area contributed by atoms with E-state index in [2.05, 4.69) is 34.3 Å². The largest absolute Gasteiger partial charge is 0.310 e. The lowest BCUT2D eigenvalue weighted by Gasteiger charge is -2.31. The summed E-state index contributed by atoms with van der Waals surface area (Å²) in [6, 6.07) is 4.54. The number of hydrogen-bond donors (Lipinski definition) is 1. The summed E-state index contributed by atoms with van der Waals surface area (Å²) in [4.78, 5) is 23.3. The topological polar surface area (TPSA) is 58.1 Å². The van der Waals surface area contributed by atoms with Gasteiger partial charge in [0.2, 0.25) is 5.91 Å². The minimum absolute atomic E-state index is 0.0971. The third-order valence-electron chi connectivity index (χ3n) is 4.79. The molecule has 0 saturated heterocycles. The molecular formula is C18H24N4O. The van der Waals surface area contributed by atoms with Crippen molar-refractivity contribution in [1.29, 1.82) is 0 Å². The van der Waals surface area contributed by atoms with Crippen LogP contribution in [0.2, 0.25) is 0 Å². The average Bonchev–Trinajstić information content (AvgIpc) is 2.54. The Bertz CT molecular complexity index is 705. The summed E-state index contributed by atoms with van der Waals surface area (Å²) in [5.41, 5.74) is 0.961. The third kappa shape index (κ3) is 3.67. The van der Waals surface area contributed by atoms with Crippen LogP contribution in [0.3, 0.4) is 0 Å². The van der Waals surface area contributed by atoms with Crippen LogP contribution in [0.5, 0.6) is 0 Å². The lowest BCUT2D eigenvalue weighted by atomic mass is 9.85. The first-order valence-corrected chi connectivity index (χ1v) is 8.22. The number of carbonyl (C=O) groups excluding carboxylic acids is 1. The van der Waals surface area contributed by atoms with E-state index in [4.69, 9.17) is 0 Å². The summed E-state index contributed by atoms with van der Waals surface area (Å²) in [7, 11) is 4.22. The molecule has 122 valence electrons. The van der Waals surface area contributed by atoms with Gasteiger partial charge in [-0.15, -0.1) is 0 Å². The number of amides is 1. The zero-order valence-electron chi connectivity index (χ0n) is 14.0. The number of carbonyl (C=O) groups is 1. The van der Waals surface area contributed by atoms with Gasteiger partial charge >= 0.3 is 0 Å². The van der Waals surface area contributed by atoms with Gasteiger partial charge in [0.15, 0.2) is 0 Å². The molecule has 23 heavy (non-hydrogen) atoms. The van der Waals surface area contributed by atoms with Gasteiger partial charge in [-0.05, 0) is 64.2 Å². The van der Waals surface area contributed by atoms with E-state index in [-0.39, 0.29) is 11.8 Å². The average molecular weight is 312 g/mol. The fourth-order valence-electron chi connectivity index (χ4n) is 3.30. The van der Waals surface area contributed by atoms with Gasteiger partial charge in [0.05, 0.1) is 0 Å². The number of aryl methyl sites for hydroxylation is 1. The van der Waals surface area contributed by atoms with Gasteiger partial charge in [0.1, 0.15) is 5.82 Å². The van der Waals surface area contributed by atoms with Crippen molar-refractivity contribution < 1.29 is 4.79 Å². The Morgan fingerprint density at radius 2 is 1.78 bits per heavy atom. The van der Waals surface area contributed by atoms with Crippen molar-refractivity contribution in [1.82, 2.24) is 14.9 Å². The van der Waals surface area contributed by atoms with Gasteiger partial charge in [-0.2, -0.15) is 0 Å². The molecule has 1 N–H and O–H groups in total. The standard InChI is InChI=1S/C18H24N4O/c1-12-8-14-9-17(20-11-15(14)10-19-12)21-18(23)13-4-6-16(7-5-13)22(2)3/h8-11,13,16H,4-7H2,1-3H3,(H,20,21,23). The molecule has 1 aliphatic carbocycles. The number of hydrogen-bond acceptors (Lipinski definition) is 4. The van der Waals surface area contributed by atoms with Crippen LogP contribution in [0.4, 0.5) is 5.82 Å². The lowest BCUT2D eigenvalue weighted by molar-refractivity contribution is -0.121. The van der Waals surface area contributed by atoms with Gasteiger partial charge in [-0.25, -0.2) is 4.98 Å². The minimum Gasteiger partial charge on any atom is -0.310 e. The number of aromatic nitrogens is 2. The fraction of sp³-hybridized carbons (Fsp3) is 0.500. The van der Waals surface area contributed by atoms with Gasteiger partial charge in [0.25, 0.3) is 0 Å². The molecule has 1 amide bonds. The van der Waals surface area contributed by atoms with Gasteiger partial charge < -0.3 is 10.2 Å². The first-order valence-electron chi connectivity index (χ1n) is 8.22. The van der Waals surface area contributed by atoms with E-state index in [0.29, 0.717) is 11.9 Å². The van der Waals surface area contributed by atoms with Crippen LogP contribution in [0.1, 0.15) is 31.4 Å². The van der Waals surface area contributed by atoms with E-state index >= 15 is 0 Å². The number of nitrogens with one attached hydrogen (secondary N) is 1. The summed E-state index contributed by atoms with van der Waals surface area (Å²) >= 11 is 0. The molecule has 5 nitrogen and oxygen atoms in total. The van der Waals surface area contributed by atoms with Gasteiger partial charge in [-0.1, -0.05) is 0 Å². The van der Waals surface area contributed by atoms with Crippen LogP contribution in [0, 0.1) is 12.8 Å². The van der Waals surface area contributed by atoms with Crippen LogP contribution in [-0.2, 0) is 4.79 Å². The maximum Gasteiger partial charge on any atom is 0.228 e. The summed E-state index contributed by atoms with van der Waals surface area (Å²) in [6.07, 6.45) is 7.64. The molecule has 0 aliphatic heterocycles. The van der Waals surface area contributed by atoms with Crippen LogP contribution < -0.4 is 5.32 Å². The molecule has 0 bridgehead atoms. The first-order chi connectivity index (χ1) is 11.0. The number of nitrogens with zero attached hydrogens (tertiary/aromatic N) is 3. The molecule has 2 aromatic heterocycles. The second-order valence-electron chi connectivity index (χ2n) is 6.70.